The highest BCUT2D eigenvalue weighted by molar-refractivity contribution is 4.92. The van der Waals surface area contributed by atoms with Crippen molar-refractivity contribution in [1.82, 2.24) is 5.32 Å². The van der Waals surface area contributed by atoms with Gasteiger partial charge in [-0.3, -0.25) is 0 Å². The van der Waals surface area contributed by atoms with E-state index in [2.05, 4.69) is 12.2 Å². The van der Waals surface area contributed by atoms with Crippen LogP contribution in [0.2, 0.25) is 0 Å². The molecule has 2 aliphatic heterocycles. The lowest BCUT2D eigenvalue weighted by molar-refractivity contribution is -0.140. The molecule has 0 amide bonds. The van der Waals surface area contributed by atoms with Gasteiger partial charge in [-0.15, -0.1) is 0 Å². The first kappa shape index (κ1) is 13.8. The third kappa shape index (κ3) is 3.32. The van der Waals surface area contributed by atoms with E-state index >= 15 is 0 Å². The molecule has 3 rings (SSSR count). The van der Waals surface area contributed by atoms with Gasteiger partial charge >= 0.3 is 0 Å². The van der Waals surface area contributed by atoms with Crippen LogP contribution in [0.15, 0.2) is 0 Å². The fourth-order valence-corrected chi connectivity index (χ4v) is 4.14. The van der Waals surface area contributed by atoms with Gasteiger partial charge in [0.25, 0.3) is 0 Å². The molecule has 0 aromatic carbocycles. The van der Waals surface area contributed by atoms with Crippen molar-refractivity contribution in [2.24, 2.45) is 11.8 Å². The Morgan fingerprint density at radius 1 is 1.11 bits per heavy atom. The first-order valence-electron chi connectivity index (χ1n) is 8.22. The molecule has 0 radical (unpaired) electrons. The maximum absolute atomic E-state index is 6.11. The number of ether oxygens (including phenoxy) is 2. The molecule has 1 aliphatic carbocycles. The SMILES string of the molecule is CC1CCCC1CNC1CCOC2(CCOCC2)C1. The molecule has 3 fully saturated rings. The van der Waals surface area contributed by atoms with Crippen molar-refractivity contribution in [2.75, 3.05) is 26.4 Å². The normalized spacial score (nSPS) is 38.7. The van der Waals surface area contributed by atoms with E-state index in [-0.39, 0.29) is 5.60 Å². The lowest BCUT2D eigenvalue weighted by Crippen LogP contribution is -2.50. The fourth-order valence-electron chi connectivity index (χ4n) is 4.14. The summed E-state index contributed by atoms with van der Waals surface area (Å²) in [5.41, 5.74) is 0.134. The Kier molecular flexibility index (Phi) is 4.45. The minimum absolute atomic E-state index is 0.134. The highest BCUT2D eigenvalue weighted by Crippen LogP contribution is 2.35. The van der Waals surface area contributed by atoms with Crippen LogP contribution in [0.4, 0.5) is 0 Å². The van der Waals surface area contributed by atoms with Crippen molar-refractivity contribution in [3.63, 3.8) is 0 Å². The zero-order valence-corrected chi connectivity index (χ0v) is 12.3. The Morgan fingerprint density at radius 2 is 1.95 bits per heavy atom. The van der Waals surface area contributed by atoms with Crippen LogP contribution in [0, 0.1) is 11.8 Å². The van der Waals surface area contributed by atoms with E-state index < -0.39 is 0 Å². The number of hydrogen-bond donors (Lipinski definition) is 1. The Bertz CT molecular complexity index is 283. The van der Waals surface area contributed by atoms with Crippen molar-refractivity contribution in [2.45, 2.75) is 63.5 Å². The first-order valence-corrected chi connectivity index (χ1v) is 8.22. The Labute approximate surface area is 117 Å². The fraction of sp³-hybridized carbons (Fsp3) is 1.00. The average Bonchev–Trinajstić information content (AvgIpc) is 2.83. The van der Waals surface area contributed by atoms with Crippen LogP contribution >= 0.6 is 0 Å². The molecule has 3 aliphatic rings. The molecule has 3 nitrogen and oxygen atoms in total. The molecule has 19 heavy (non-hydrogen) atoms. The van der Waals surface area contributed by atoms with Gasteiger partial charge in [-0.25, -0.2) is 0 Å². The monoisotopic (exact) mass is 267 g/mol. The zero-order valence-electron chi connectivity index (χ0n) is 12.3. The van der Waals surface area contributed by atoms with Gasteiger partial charge in [-0.05, 0) is 50.5 Å². The molecule has 3 heteroatoms. The van der Waals surface area contributed by atoms with Gasteiger partial charge in [0.15, 0.2) is 0 Å². The Morgan fingerprint density at radius 3 is 2.68 bits per heavy atom. The molecule has 110 valence electrons. The van der Waals surface area contributed by atoms with Crippen molar-refractivity contribution in [1.29, 1.82) is 0 Å². The minimum atomic E-state index is 0.134. The van der Waals surface area contributed by atoms with Crippen LogP contribution in [0.1, 0.15) is 51.9 Å². The molecule has 0 bridgehead atoms. The van der Waals surface area contributed by atoms with Gasteiger partial charge in [-0.2, -0.15) is 0 Å². The van der Waals surface area contributed by atoms with Gasteiger partial charge in [0.1, 0.15) is 0 Å². The van der Waals surface area contributed by atoms with E-state index in [0.717, 1.165) is 44.5 Å². The zero-order chi connectivity index (χ0) is 13.1. The quantitative estimate of drug-likeness (QED) is 0.853. The number of rotatable bonds is 3. The van der Waals surface area contributed by atoms with E-state index in [1.165, 1.54) is 38.6 Å². The molecule has 1 spiro atoms. The average molecular weight is 267 g/mol. The summed E-state index contributed by atoms with van der Waals surface area (Å²) in [6.07, 6.45) is 8.84. The molecule has 2 saturated heterocycles. The lowest BCUT2D eigenvalue weighted by atomic mass is 9.84. The van der Waals surface area contributed by atoms with E-state index in [9.17, 15) is 0 Å². The van der Waals surface area contributed by atoms with E-state index in [4.69, 9.17) is 9.47 Å². The predicted molar refractivity (Wildman–Crippen MR) is 76.3 cm³/mol. The molecule has 2 heterocycles. The predicted octanol–water partition coefficient (Wildman–Crippen LogP) is 2.74. The Hall–Kier alpha value is -0.120. The molecule has 0 aromatic rings. The second-order valence-electron chi connectivity index (χ2n) is 6.91. The van der Waals surface area contributed by atoms with Crippen molar-refractivity contribution < 1.29 is 9.47 Å². The smallest absolute Gasteiger partial charge is 0.0741 e. The maximum atomic E-state index is 6.11. The standard InChI is InChI=1S/C16H29NO2/c1-13-3-2-4-14(13)12-17-15-5-8-19-16(11-15)6-9-18-10-7-16/h13-15,17H,2-12H2,1H3. The molecular formula is C16H29NO2. The van der Waals surface area contributed by atoms with Crippen molar-refractivity contribution in [3.05, 3.63) is 0 Å². The Balaban J connectivity index is 1.48. The van der Waals surface area contributed by atoms with Crippen LogP contribution in [0.5, 0.6) is 0 Å². The molecule has 3 unspecified atom stereocenters. The molecule has 3 atom stereocenters. The molecule has 1 N–H and O–H groups in total. The van der Waals surface area contributed by atoms with Crippen LogP contribution in [-0.4, -0.2) is 38.0 Å². The summed E-state index contributed by atoms with van der Waals surface area (Å²) in [7, 11) is 0. The van der Waals surface area contributed by atoms with Crippen LogP contribution < -0.4 is 5.32 Å². The molecule has 1 saturated carbocycles. The second kappa shape index (κ2) is 6.11. The van der Waals surface area contributed by atoms with E-state index in [0.29, 0.717) is 6.04 Å². The number of hydrogen-bond acceptors (Lipinski definition) is 3. The summed E-state index contributed by atoms with van der Waals surface area (Å²) in [5, 5.41) is 3.84. The first-order chi connectivity index (χ1) is 9.27. The summed E-state index contributed by atoms with van der Waals surface area (Å²) in [5.74, 6) is 1.83. The van der Waals surface area contributed by atoms with Crippen molar-refractivity contribution >= 4 is 0 Å². The van der Waals surface area contributed by atoms with E-state index in [1.54, 1.807) is 0 Å². The summed E-state index contributed by atoms with van der Waals surface area (Å²) >= 11 is 0. The van der Waals surface area contributed by atoms with Crippen molar-refractivity contribution in [3.8, 4) is 0 Å². The summed E-state index contributed by atoms with van der Waals surface area (Å²) < 4.78 is 11.6. The minimum Gasteiger partial charge on any atom is -0.381 e. The van der Waals surface area contributed by atoms with Gasteiger partial charge in [-0.1, -0.05) is 19.8 Å². The summed E-state index contributed by atoms with van der Waals surface area (Å²) in [4.78, 5) is 0. The maximum Gasteiger partial charge on any atom is 0.0741 e. The van der Waals surface area contributed by atoms with E-state index in [1.807, 2.05) is 0 Å². The molecular weight excluding hydrogens is 238 g/mol. The number of nitrogens with one attached hydrogen (secondary N) is 1. The van der Waals surface area contributed by atoms with Crippen LogP contribution in [0.3, 0.4) is 0 Å². The highest BCUT2D eigenvalue weighted by Gasteiger charge is 2.39. The van der Waals surface area contributed by atoms with Gasteiger partial charge in [0.2, 0.25) is 0 Å². The van der Waals surface area contributed by atoms with Gasteiger partial charge in [0, 0.05) is 25.9 Å². The third-order valence-electron chi connectivity index (χ3n) is 5.60. The van der Waals surface area contributed by atoms with Crippen LogP contribution in [0.25, 0.3) is 0 Å². The van der Waals surface area contributed by atoms with Crippen LogP contribution in [-0.2, 0) is 9.47 Å². The molecule has 0 aromatic heterocycles. The van der Waals surface area contributed by atoms with Gasteiger partial charge in [0.05, 0.1) is 5.60 Å². The lowest BCUT2D eigenvalue weighted by Gasteiger charge is -2.43. The highest BCUT2D eigenvalue weighted by atomic mass is 16.5. The second-order valence-corrected chi connectivity index (χ2v) is 6.91. The van der Waals surface area contributed by atoms with Gasteiger partial charge < -0.3 is 14.8 Å². The summed E-state index contributed by atoms with van der Waals surface area (Å²) in [6, 6.07) is 0.666. The third-order valence-corrected chi connectivity index (χ3v) is 5.60. The topological polar surface area (TPSA) is 30.5 Å². The summed E-state index contributed by atoms with van der Waals surface area (Å²) in [6.45, 7) is 6.33. The largest absolute Gasteiger partial charge is 0.381 e.